The van der Waals surface area contributed by atoms with Gasteiger partial charge in [0.15, 0.2) is 11.5 Å². The van der Waals surface area contributed by atoms with Crippen molar-refractivity contribution >= 4 is 0 Å². The van der Waals surface area contributed by atoms with Crippen molar-refractivity contribution in [2.75, 3.05) is 14.2 Å². The number of para-hydroxylation sites is 2. The molecule has 0 aliphatic rings. The van der Waals surface area contributed by atoms with Gasteiger partial charge in [-0.3, -0.25) is 5.32 Å². The molecule has 1 atom stereocenters. The van der Waals surface area contributed by atoms with Crippen LogP contribution in [0, 0.1) is 0 Å². The highest BCUT2D eigenvalue weighted by atomic mass is 16.5. The van der Waals surface area contributed by atoms with Crippen molar-refractivity contribution in [3.8, 4) is 11.5 Å². The van der Waals surface area contributed by atoms with E-state index >= 15 is 0 Å². The summed E-state index contributed by atoms with van der Waals surface area (Å²) in [5, 5.41) is 3.07. The molecule has 1 unspecified atom stereocenters. The molecule has 1 rings (SSSR count). The van der Waals surface area contributed by atoms with Crippen molar-refractivity contribution in [3.05, 3.63) is 24.3 Å². The minimum atomic E-state index is 0.0336. The van der Waals surface area contributed by atoms with Gasteiger partial charge in [-0.25, -0.2) is 0 Å². The normalized spacial score (nSPS) is 12.2. The quantitative estimate of drug-likeness (QED) is 0.729. The number of benzene rings is 1. The van der Waals surface area contributed by atoms with E-state index in [1.807, 2.05) is 31.3 Å². The van der Waals surface area contributed by atoms with E-state index in [0.717, 1.165) is 17.9 Å². The molecule has 0 aliphatic carbocycles. The molecule has 0 fully saturated rings. The van der Waals surface area contributed by atoms with Gasteiger partial charge >= 0.3 is 0 Å². The van der Waals surface area contributed by atoms with Crippen molar-refractivity contribution in [1.29, 1.82) is 0 Å². The number of hydrogen-bond acceptors (Lipinski definition) is 3. The predicted molar refractivity (Wildman–Crippen MR) is 56.8 cm³/mol. The van der Waals surface area contributed by atoms with Crippen LogP contribution in [0.5, 0.6) is 11.5 Å². The topological polar surface area (TPSA) is 30.5 Å². The minimum absolute atomic E-state index is 0.0336. The average molecular weight is 195 g/mol. The van der Waals surface area contributed by atoms with E-state index in [-0.39, 0.29) is 6.23 Å². The zero-order valence-electron chi connectivity index (χ0n) is 8.91. The Balaban J connectivity index is 2.74. The zero-order valence-corrected chi connectivity index (χ0v) is 8.91. The van der Waals surface area contributed by atoms with Crippen LogP contribution < -0.4 is 14.8 Å². The number of rotatable bonds is 5. The molecule has 1 N–H and O–H groups in total. The van der Waals surface area contributed by atoms with Crippen LogP contribution >= 0.6 is 0 Å². The summed E-state index contributed by atoms with van der Waals surface area (Å²) in [4.78, 5) is 0. The van der Waals surface area contributed by atoms with Crippen LogP contribution in [0.15, 0.2) is 24.3 Å². The molecule has 0 aromatic heterocycles. The third kappa shape index (κ3) is 2.64. The zero-order chi connectivity index (χ0) is 10.4. The fourth-order valence-electron chi connectivity index (χ4n) is 1.22. The first-order valence-corrected chi connectivity index (χ1v) is 4.78. The number of ether oxygens (including phenoxy) is 2. The van der Waals surface area contributed by atoms with Gasteiger partial charge in [0.25, 0.3) is 0 Å². The van der Waals surface area contributed by atoms with Crippen LogP contribution in [0.1, 0.15) is 13.3 Å². The lowest BCUT2D eigenvalue weighted by Gasteiger charge is -2.18. The molecule has 0 heterocycles. The van der Waals surface area contributed by atoms with Crippen LogP contribution in [-0.4, -0.2) is 20.4 Å². The van der Waals surface area contributed by atoms with Gasteiger partial charge in [-0.15, -0.1) is 0 Å². The Hall–Kier alpha value is -1.22. The second-order valence-electron chi connectivity index (χ2n) is 2.95. The van der Waals surface area contributed by atoms with Gasteiger partial charge in [-0.2, -0.15) is 0 Å². The van der Waals surface area contributed by atoms with Crippen molar-refractivity contribution in [2.45, 2.75) is 19.6 Å². The molecular weight excluding hydrogens is 178 g/mol. The van der Waals surface area contributed by atoms with Crippen LogP contribution in [-0.2, 0) is 0 Å². The minimum Gasteiger partial charge on any atom is -0.493 e. The molecule has 1 aromatic rings. The van der Waals surface area contributed by atoms with Gasteiger partial charge in [-0.1, -0.05) is 19.1 Å². The fraction of sp³-hybridized carbons (Fsp3) is 0.455. The Labute approximate surface area is 85.0 Å². The molecule has 3 heteroatoms. The molecule has 0 aliphatic heterocycles. The predicted octanol–water partition coefficient (Wildman–Crippen LogP) is 2.03. The molecule has 14 heavy (non-hydrogen) atoms. The monoisotopic (exact) mass is 195 g/mol. The van der Waals surface area contributed by atoms with Gasteiger partial charge in [0, 0.05) is 0 Å². The SMILES string of the molecule is CCC(NC)Oc1ccccc1OC. The van der Waals surface area contributed by atoms with Gasteiger partial charge in [-0.05, 0) is 25.6 Å². The molecule has 0 spiro atoms. The van der Waals surface area contributed by atoms with E-state index < -0.39 is 0 Å². The lowest BCUT2D eigenvalue weighted by Crippen LogP contribution is -2.30. The Morgan fingerprint density at radius 3 is 2.43 bits per heavy atom. The highest BCUT2D eigenvalue weighted by Gasteiger charge is 2.08. The van der Waals surface area contributed by atoms with Crippen LogP contribution in [0.4, 0.5) is 0 Å². The smallest absolute Gasteiger partial charge is 0.163 e. The van der Waals surface area contributed by atoms with E-state index in [1.54, 1.807) is 7.11 Å². The molecule has 78 valence electrons. The lowest BCUT2D eigenvalue weighted by molar-refractivity contribution is 0.163. The van der Waals surface area contributed by atoms with E-state index in [2.05, 4.69) is 12.2 Å². The summed E-state index contributed by atoms with van der Waals surface area (Å²) in [6.45, 7) is 2.07. The molecule has 0 amide bonds. The third-order valence-corrected chi connectivity index (χ3v) is 2.03. The lowest BCUT2D eigenvalue weighted by atomic mass is 10.3. The molecule has 0 saturated heterocycles. The third-order valence-electron chi connectivity index (χ3n) is 2.03. The summed E-state index contributed by atoms with van der Waals surface area (Å²) >= 11 is 0. The standard InChI is InChI=1S/C11H17NO2/c1-4-11(12-2)14-10-8-6-5-7-9(10)13-3/h5-8,11-12H,4H2,1-3H3. The molecule has 0 bridgehead atoms. The van der Waals surface area contributed by atoms with Gasteiger partial charge in [0.2, 0.25) is 0 Å². The largest absolute Gasteiger partial charge is 0.493 e. The fourth-order valence-corrected chi connectivity index (χ4v) is 1.22. The highest BCUT2D eigenvalue weighted by molar-refractivity contribution is 5.39. The maximum Gasteiger partial charge on any atom is 0.163 e. The van der Waals surface area contributed by atoms with Crippen molar-refractivity contribution in [2.24, 2.45) is 0 Å². The van der Waals surface area contributed by atoms with E-state index in [4.69, 9.17) is 9.47 Å². The van der Waals surface area contributed by atoms with E-state index in [1.165, 1.54) is 0 Å². The maximum absolute atomic E-state index is 5.70. The van der Waals surface area contributed by atoms with Crippen LogP contribution in [0.2, 0.25) is 0 Å². The first-order valence-electron chi connectivity index (χ1n) is 4.78. The number of methoxy groups -OCH3 is 1. The summed E-state index contributed by atoms with van der Waals surface area (Å²) in [6.07, 6.45) is 0.945. The second-order valence-corrected chi connectivity index (χ2v) is 2.95. The Kier molecular flexibility index (Phi) is 4.26. The summed E-state index contributed by atoms with van der Waals surface area (Å²) in [5.41, 5.74) is 0. The maximum atomic E-state index is 5.70. The van der Waals surface area contributed by atoms with Gasteiger partial charge in [0.1, 0.15) is 6.23 Å². The molecular formula is C11H17NO2. The summed E-state index contributed by atoms with van der Waals surface area (Å²) in [7, 11) is 3.52. The average Bonchev–Trinajstić information content (AvgIpc) is 2.26. The van der Waals surface area contributed by atoms with Gasteiger partial charge < -0.3 is 9.47 Å². The summed E-state index contributed by atoms with van der Waals surface area (Å²) in [5.74, 6) is 1.54. The van der Waals surface area contributed by atoms with Crippen LogP contribution in [0.3, 0.4) is 0 Å². The van der Waals surface area contributed by atoms with Crippen molar-refractivity contribution in [1.82, 2.24) is 5.32 Å². The van der Waals surface area contributed by atoms with Gasteiger partial charge in [0.05, 0.1) is 7.11 Å². The first-order chi connectivity index (χ1) is 6.81. The van der Waals surface area contributed by atoms with Crippen molar-refractivity contribution in [3.63, 3.8) is 0 Å². The highest BCUT2D eigenvalue weighted by Crippen LogP contribution is 2.26. The first kappa shape index (κ1) is 10.9. The molecule has 0 saturated carbocycles. The number of hydrogen-bond donors (Lipinski definition) is 1. The second kappa shape index (κ2) is 5.50. The Morgan fingerprint density at radius 1 is 1.29 bits per heavy atom. The Morgan fingerprint density at radius 2 is 1.93 bits per heavy atom. The Bertz CT molecular complexity index is 272. The van der Waals surface area contributed by atoms with E-state index in [0.29, 0.717) is 0 Å². The molecule has 1 aromatic carbocycles. The summed E-state index contributed by atoms with van der Waals surface area (Å²) in [6, 6.07) is 7.64. The molecule has 0 radical (unpaired) electrons. The number of nitrogens with one attached hydrogen (secondary N) is 1. The molecule has 3 nitrogen and oxygen atoms in total. The van der Waals surface area contributed by atoms with Crippen LogP contribution in [0.25, 0.3) is 0 Å². The van der Waals surface area contributed by atoms with Crippen molar-refractivity contribution < 1.29 is 9.47 Å². The summed E-state index contributed by atoms with van der Waals surface area (Å²) < 4.78 is 10.9. The van der Waals surface area contributed by atoms with E-state index in [9.17, 15) is 0 Å².